The van der Waals surface area contributed by atoms with E-state index in [2.05, 4.69) is 46.2 Å². The molecule has 6 rings (SSSR count). The van der Waals surface area contributed by atoms with Crippen molar-refractivity contribution >= 4 is 44.5 Å². The van der Waals surface area contributed by atoms with Crippen LogP contribution in [0.5, 0.6) is 0 Å². The van der Waals surface area contributed by atoms with E-state index < -0.39 is 0 Å². The van der Waals surface area contributed by atoms with Crippen LogP contribution in [0.4, 0.5) is 0 Å². The van der Waals surface area contributed by atoms with Gasteiger partial charge in [0.2, 0.25) is 0 Å². The molecule has 0 aliphatic carbocycles. The smallest absolute Gasteiger partial charge is 0 e. The number of carbonyl (C=O) groups is 2. The summed E-state index contributed by atoms with van der Waals surface area (Å²) in [6.45, 7) is 4.50. The molecule has 0 saturated heterocycles. The van der Waals surface area contributed by atoms with Crippen LogP contribution < -0.4 is 10.3 Å². The van der Waals surface area contributed by atoms with E-state index in [4.69, 9.17) is 4.65 Å². The molecule has 1 aliphatic heterocycles. The van der Waals surface area contributed by atoms with E-state index in [-0.39, 0.29) is 31.3 Å². The summed E-state index contributed by atoms with van der Waals surface area (Å²) in [5, 5.41) is 4.63. The predicted molar refractivity (Wildman–Crippen MR) is 103 cm³/mol. The van der Waals surface area contributed by atoms with E-state index in [9.17, 15) is 9.59 Å². The Balaban J connectivity index is 0.000000279. The van der Waals surface area contributed by atoms with Crippen LogP contribution in [0.15, 0.2) is 48.7 Å². The van der Waals surface area contributed by atoms with Crippen molar-refractivity contribution < 1.29 is 33.7 Å². The van der Waals surface area contributed by atoms with E-state index in [0.29, 0.717) is 32.9 Å². The van der Waals surface area contributed by atoms with Crippen LogP contribution in [-0.4, -0.2) is 16.8 Å². The van der Waals surface area contributed by atoms with Crippen LogP contribution in [0.1, 0.15) is 20.7 Å². The molecule has 3 aromatic carbocycles. The maximum atomic E-state index is 12.3. The molecule has 1 aliphatic rings. The third kappa shape index (κ3) is 3.36. The number of pyridine rings is 1. The largest absolute Gasteiger partial charge is 0.999 e. The van der Waals surface area contributed by atoms with Gasteiger partial charge in [0.05, 0.1) is 16.6 Å². The second kappa shape index (κ2) is 8.89. The number of fused-ring (bicyclic) bond motifs is 8. The van der Waals surface area contributed by atoms with Crippen LogP contribution in [0.25, 0.3) is 32.7 Å². The number of nitrogens with zero attached hydrogens (tertiary/aromatic N) is 2. The van der Waals surface area contributed by atoms with Crippen LogP contribution in [0.3, 0.4) is 0 Å². The van der Waals surface area contributed by atoms with E-state index in [1.54, 1.807) is 24.4 Å². The van der Waals surface area contributed by atoms with Gasteiger partial charge in [-0.15, -0.1) is 11.0 Å². The molecule has 5 aromatic rings. The first-order valence-electron chi connectivity index (χ1n) is 8.40. The minimum absolute atomic E-state index is 0. The van der Waals surface area contributed by atoms with Gasteiger partial charge in [0.15, 0.2) is 0 Å². The molecule has 2 aromatic heterocycles. The molecule has 0 saturated carbocycles. The predicted octanol–water partition coefficient (Wildman–Crippen LogP) is 2.95. The quantitative estimate of drug-likeness (QED) is 0.161. The van der Waals surface area contributed by atoms with Gasteiger partial charge in [0.1, 0.15) is 0 Å². The fourth-order valence-corrected chi connectivity index (χ4v) is 3.44. The van der Waals surface area contributed by atoms with Crippen molar-refractivity contribution in [2.24, 2.45) is 0 Å². The molecular weight excluding hydrogens is 467 g/mol. The first-order valence-corrected chi connectivity index (χ1v) is 8.40. The third-order valence-corrected chi connectivity index (χ3v) is 4.48. The van der Waals surface area contributed by atoms with Gasteiger partial charge in [0, 0.05) is 31.1 Å². The Bertz CT molecular complexity index is 1370. The molecule has 7 heteroatoms. The average Bonchev–Trinajstić information content (AvgIpc) is 3.50. The number of hydrogen-bond donors (Lipinski definition) is 1. The molecule has 0 atom stereocenters. The number of hydrogen-bond acceptors (Lipinski definition) is 3. The van der Waals surface area contributed by atoms with Crippen molar-refractivity contribution in [2.45, 2.75) is 0 Å². The van der Waals surface area contributed by atoms with Crippen molar-refractivity contribution in [3.8, 4) is 0 Å². The first-order chi connectivity index (χ1) is 14.3. The zero-order valence-corrected chi connectivity index (χ0v) is 16.8. The number of rotatable bonds is 0. The number of benzene rings is 2. The van der Waals surface area contributed by atoms with Gasteiger partial charge in [0.25, 0.3) is 11.8 Å². The van der Waals surface area contributed by atoms with E-state index in [0.717, 1.165) is 10.9 Å². The number of amides is 2. The SMILES string of the molecule is O=C1NC(=O)c2c1c1cccnc1c1[n-]c3ccccc3c21.[C-]#[O+].[Ru].[c-]1[c-][c-][cH-][c-]1. The van der Waals surface area contributed by atoms with Gasteiger partial charge in [-0.05, 0) is 16.8 Å². The Morgan fingerprint density at radius 3 is 2.33 bits per heavy atom. The number of imide groups is 1. The van der Waals surface area contributed by atoms with E-state index >= 15 is 0 Å². The van der Waals surface area contributed by atoms with Crippen LogP contribution in [-0.2, 0) is 24.1 Å². The zero-order valence-electron chi connectivity index (χ0n) is 15.1. The molecule has 0 spiro atoms. The number of para-hydroxylation sites is 1. The number of carbonyl (C=O) groups excluding carboxylic acids is 2. The second-order valence-corrected chi connectivity index (χ2v) is 5.97. The molecule has 0 fully saturated rings. The van der Waals surface area contributed by atoms with Crippen molar-refractivity contribution in [3.05, 3.63) is 90.7 Å². The van der Waals surface area contributed by atoms with E-state index in [1.165, 1.54) is 0 Å². The van der Waals surface area contributed by atoms with Crippen LogP contribution in [0.2, 0.25) is 0 Å². The number of aromatic nitrogens is 2. The molecule has 148 valence electrons. The second-order valence-electron chi connectivity index (χ2n) is 5.97. The summed E-state index contributed by atoms with van der Waals surface area (Å²) in [4.78, 5) is 33.5. The van der Waals surface area contributed by atoms with Gasteiger partial charge in [-0.2, -0.15) is 0 Å². The first kappa shape index (κ1) is 21.2. The Morgan fingerprint density at radius 2 is 1.63 bits per heavy atom. The molecule has 0 bridgehead atoms. The van der Waals surface area contributed by atoms with Crippen LogP contribution in [0, 0.1) is 30.9 Å². The third-order valence-electron chi connectivity index (χ3n) is 4.48. The van der Waals surface area contributed by atoms with Gasteiger partial charge < -0.3 is 35.3 Å². The monoisotopic (exact) mass is 477 g/mol. The molecule has 0 radical (unpaired) electrons. The summed E-state index contributed by atoms with van der Waals surface area (Å²) in [6, 6.07) is 23.2. The molecule has 2 amide bonds. The Labute approximate surface area is 184 Å². The minimum atomic E-state index is -0.370. The summed E-state index contributed by atoms with van der Waals surface area (Å²) < 4.78 is 7.50. The summed E-state index contributed by atoms with van der Waals surface area (Å²) in [6.07, 6.45) is 1.67. The summed E-state index contributed by atoms with van der Waals surface area (Å²) in [5.41, 5.74) is 2.93. The fraction of sp³-hybridized carbons (Fsp3) is 0. The van der Waals surface area contributed by atoms with Crippen molar-refractivity contribution in [3.63, 3.8) is 0 Å². The Hall–Kier alpha value is -3.50. The maximum absolute atomic E-state index is 12.3. The van der Waals surface area contributed by atoms with Crippen LogP contribution >= 0.6 is 0 Å². The Kier molecular flexibility index (Phi) is 6.29. The molecule has 30 heavy (non-hydrogen) atoms. The molecular formula is C23H9N3O3Ru-6. The van der Waals surface area contributed by atoms with Gasteiger partial charge in [-0.1, -0.05) is 30.3 Å². The summed E-state index contributed by atoms with van der Waals surface area (Å²) in [7, 11) is 0. The average molecular weight is 476 g/mol. The van der Waals surface area contributed by atoms with Gasteiger partial charge in [-0.25, -0.2) is 0 Å². The van der Waals surface area contributed by atoms with Crippen molar-refractivity contribution in [2.75, 3.05) is 0 Å². The topological polar surface area (TPSA) is 93.1 Å². The van der Waals surface area contributed by atoms with Crippen molar-refractivity contribution in [1.29, 1.82) is 0 Å². The molecule has 0 unspecified atom stereocenters. The molecule has 1 N–H and O–H groups in total. The standard InChI is InChI=1S/C17H9N3O2.C5H.CO.Ru/c21-16-12-9-5-3-7-18-14(9)15-11(13(12)17(22)20-16)8-4-1-2-6-10(8)19-15;1-2-4-5-3-1;1-2;/h1-7H,(H2,18,19,20,21,22);1H;;/q;-5;;/p-1. The summed E-state index contributed by atoms with van der Waals surface area (Å²) >= 11 is 0. The normalized spacial score (nSPS) is 11.7. The van der Waals surface area contributed by atoms with E-state index in [1.807, 2.05) is 24.3 Å². The Morgan fingerprint density at radius 1 is 0.967 bits per heavy atom. The molecule has 6 nitrogen and oxygen atoms in total. The minimum Gasteiger partial charge on any atom is -0.999 e. The number of nitrogens with one attached hydrogen (secondary N) is 1. The van der Waals surface area contributed by atoms with Crippen molar-refractivity contribution in [1.82, 2.24) is 15.3 Å². The fourth-order valence-electron chi connectivity index (χ4n) is 3.44. The maximum Gasteiger partial charge on any atom is 0 e. The zero-order chi connectivity index (χ0) is 20.4. The van der Waals surface area contributed by atoms with Gasteiger partial charge >= 0.3 is 11.3 Å². The van der Waals surface area contributed by atoms with Gasteiger partial charge in [-0.3, -0.25) is 19.9 Å². The molecule has 3 heterocycles. The summed E-state index contributed by atoms with van der Waals surface area (Å²) in [5.74, 6) is -0.737.